The van der Waals surface area contributed by atoms with Crippen LogP contribution in [0.2, 0.25) is 0 Å². The van der Waals surface area contributed by atoms with Gasteiger partial charge < -0.3 is 15.4 Å². The smallest absolute Gasteiger partial charge is 0.328 e. The van der Waals surface area contributed by atoms with Crippen LogP contribution in [-0.2, 0) is 25.5 Å². The highest BCUT2D eigenvalue weighted by Gasteiger charge is 2.30. The molecule has 6 nitrogen and oxygen atoms in total. The van der Waals surface area contributed by atoms with Crippen molar-refractivity contribution in [3.8, 4) is 11.1 Å². The molecule has 0 fully saturated rings. The first-order valence-corrected chi connectivity index (χ1v) is 11.6. The Morgan fingerprint density at radius 3 is 2.36 bits per heavy atom. The zero-order chi connectivity index (χ0) is 24.1. The Morgan fingerprint density at radius 2 is 1.73 bits per heavy atom. The van der Waals surface area contributed by atoms with Crippen LogP contribution in [0.25, 0.3) is 11.1 Å². The molecule has 0 aliphatic carbocycles. The number of ketones is 1. The fourth-order valence-corrected chi connectivity index (χ4v) is 4.61. The number of nitrogens with one attached hydrogen (secondary N) is 2. The van der Waals surface area contributed by atoms with Gasteiger partial charge in [0.1, 0.15) is 6.04 Å². The number of carbonyl (C=O) groups is 3. The van der Waals surface area contributed by atoms with E-state index in [4.69, 9.17) is 4.74 Å². The Bertz CT molecular complexity index is 1050. The highest BCUT2D eigenvalue weighted by atomic mass is 16.5. The Balaban J connectivity index is 2.18. The number of rotatable bonds is 4. The van der Waals surface area contributed by atoms with E-state index in [1.807, 2.05) is 38.1 Å². The van der Waals surface area contributed by atoms with Gasteiger partial charge in [0.25, 0.3) is 0 Å². The average molecular weight is 451 g/mol. The minimum Gasteiger partial charge on any atom is -0.467 e. The fraction of sp³-hybridized carbons (Fsp3) is 0.444. The number of esters is 1. The second kappa shape index (κ2) is 10.8. The van der Waals surface area contributed by atoms with Gasteiger partial charge in [0.15, 0.2) is 5.78 Å². The van der Waals surface area contributed by atoms with E-state index in [-0.39, 0.29) is 18.1 Å². The van der Waals surface area contributed by atoms with Crippen LogP contribution in [0.3, 0.4) is 0 Å². The monoisotopic (exact) mass is 450 g/mol. The first-order chi connectivity index (χ1) is 15.8. The zero-order valence-corrected chi connectivity index (χ0v) is 20.2. The molecule has 33 heavy (non-hydrogen) atoms. The molecule has 1 amide bonds. The minimum absolute atomic E-state index is 0.0435. The Morgan fingerprint density at radius 1 is 1.06 bits per heavy atom. The molecule has 0 saturated heterocycles. The van der Waals surface area contributed by atoms with E-state index >= 15 is 0 Å². The molecular formula is C27H34N2O4. The predicted octanol–water partition coefficient (Wildman–Crippen LogP) is 3.82. The summed E-state index contributed by atoms with van der Waals surface area (Å²) in [5.74, 6) is -1.33. The first kappa shape index (κ1) is 24.6. The number of methoxy groups -OCH3 is 1. The second-order valence-electron chi connectivity index (χ2n) is 8.89. The van der Waals surface area contributed by atoms with Crippen molar-refractivity contribution >= 4 is 17.7 Å². The third kappa shape index (κ3) is 5.50. The largest absolute Gasteiger partial charge is 0.467 e. The molecule has 4 bridgehead atoms. The van der Waals surface area contributed by atoms with E-state index < -0.39 is 24.0 Å². The van der Waals surface area contributed by atoms with Crippen LogP contribution in [0.5, 0.6) is 0 Å². The Labute approximate surface area is 196 Å². The summed E-state index contributed by atoms with van der Waals surface area (Å²) in [6.45, 7) is 6.08. The lowest BCUT2D eigenvalue weighted by Gasteiger charge is -2.24. The number of amides is 1. The molecule has 176 valence electrons. The van der Waals surface area contributed by atoms with Gasteiger partial charge in [0, 0.05) is 18.8 Å². The van der Waals surface area contributed by atoms with Gasteiger partial charge in [-0.25, -0.2) is 4.79 Å². The number of carbonyl (C=O) groups excluding carboxylic acids is 3. The maximum absolute atomic E-state index is 13.3. The second-order valence-corrected chi connectivity index (χ2v) is 8.89. The van der Waals surface area contributed by atoms with Crippen molar-refractivity contribution in [1.29, 1.82) is 0 Å². The van der Waals surface area contributed by atoms with Crippen molar-refractivity contribution in [2.75, 3.05) is 14.2 Å². The average Bonchev–Trinajstić information content (AvgIpc) is 2.80. The molecule has 2 N–H and O–H groups in total. The van der Waals surface area contributed by atoms with E-state index in [0.29, 0.717) is 12.8 Å². The highest BCUT2D eigenvalue weighted by Crippen LogP contribution is 2.32. The maximum atomic E-state index is 13.3. The van der Waals surface area contributed by atoms with E-state index in [1.54, 1.807) is 7.05 Å². The first-order valence-electron chi connectivity index (χ1n) is 11.6. The van der Waals surface area contributed by atoms with E-state index in [2.05, 4.69) is 29.7 Å². The van der Waals surface area contributed by atoms with Crippen molar-refractivity contribution < 1.29 is 19.1 Å². The predicted molar refractivity (Wildman–Crippen MR) is 129 cm³/mol. The number of Topliss-reactive ketones (excluding diaryl/α,β-unsaturated/α-hetero) is 1. The maximum Gasteiger partial charge on any atom is 0.328 e. The number of ether oxygens (including phenoxy) is 1. The molecule has 2 aromatic rings. The van der Waals surface area contributed by atoms with Crippen LogP contribution in [0.1, 0.15) is 54.5 Å². The molecular weight excluding hydrogens is 416 g/mol. The number of hydrogen-bond acceptors (Lipinski definition) is 5. The lowest BCUT2D eigenvalue weighted by Crippen LogP contribution is -2.46. The van der Waals surface area contributed by atoms with Gasteiger partial charge >= 0.3 is 5.97 Å². The highest BCUT2D eigenvalue weighted by molar-refractivity contribution is 5.92. The number of aryl methyl sites for hydroxylation is 2. The van der Waals surface area contributed by atoms with Gasteiger partial charge in [0.2, 0.25) is 5.91 Å². The van der Waals surface area contributed by atoms with Crippen molar-refractivity contribution in [3.63, 3.8) is 0 Å². The molecule has 0 radical (unpaired) electrons. The van der Waals surface area contributed by atoms with Crippen LogP contribution in [-0.4, -0.2) is 37.9 Å². The van der Waals surface area contributed by atoms with E-state index in [9.17, 15) is 14.4 Å². The summed E-state index contributed by atoms with van der Waals surface area (Å²) in [6.07, 6.45) is 1.74. The van der Waals surface area contributed by atoms with Crippen LogP contribution in [0, 0.1) is 19.8 Å². The molecule has 0 spiro atoms. The topological polar surface area (TPSA) is 84.5 Å². The van der Waals surface area contributed by atoms with Gasteiger partial charge in [-0.05, 0) is 66.8 Å². The SMILES string of the molecule is CCC[C@@H]1CC(=O)[C@@H](NC)c2ccc(C)c(c2)-c2cc(ccc2C)C[C@@H](C(=O)OC)NC1=O. The van der Waals surface area contributed by atoms with Gasteiger partial charge in [-0.3, -0.25) is 9.59 Å². The van der Waals surface area contributed by atoms with Gasteiger partial charge in [-0.15, -0.1) is 0 Å². The van der Waals surface area contributed by atoms with Crippen molar-refractivity contribution in [1.82, 2.24) is 10.6 Å². The standard InChI is InChI=1S/C27H34N2O4/c1-6-7-20-15-24(30)25(28-4)19-11-9-17(3)22(14-19)21-12-18(10-8-16(21)2)13-23(27(32)33-5)29-26(20)31/h8-12,14,20,23,25,28H,6-7,13,15H2,1-5H3,(H,29,31)/t20-,23+,25+/m1/s1. The molecule has 3 rings (SSSR count). The molecule has 2 aromatic carbocycles. The third-order valence-corrected chi connectivity index (χ3v) is 6.50. The quantitative estimate of drug-likeness (QED) is 0.692. The van der Waals surface area contributed by atoms with Crippen LogP contribution < -0.4 is 10.6 Å². The van der Waals surface area contributed by atoms with Crippen molar-refractivity contribution in [2.45, 2.75) is 58.5 Å². The van der Waals surface area contributed by atoms with Gasteiger partial charge in [-0.2, -0.15) is 0 Å². The van der Waals surface area contributed by atoms with Gasteiger partial charge in [0.05, 0.1) is 13.2 Å². The number of hydrogen-bond donors (Lipinski definition) is 2. The normalized spacial score (nSPS) is 21.2. The third-order valence-electron chi connectivity index (χ3n) is 6.50. The number of fused-ring (bicyclic) bond motifs is 5. The number of likely N-dealkylation sites (N-methyl/N-ethyl adjacent to an activating group) is 1. The minimum atomic E-state index is -0.817. The van der Waals surface area contributed by atoms with Gasteiger partial charge in [-0.1, -0.05) is 43.7 Å². The summed E-state index contributed by atoms with van der Waals surface area (Å²) in [5.41, 5.74) is 6.12. The number of benzene rings is 2. The van der Waals surface area contributed by atoms with Crippen molar-refractivity contribution in [3.05, 3.63) is 58.7 Å². The molecule has 1 heterocycles. The summed E-state index contributed by atoms with van der Waals surface area (Å²) in [6, 6.07) is 10.8. The van der Waals surface area contributed by atoms with Crippen molar-refractivity contribution in [2.24, 2.45) is 5.92 Å². The molecule has 3 atom stereocenters. The molecule has 0 unspecified atom stereocenters. The lowest BCUT2D eigenvalue weighted by atomic mass is 9.87. The summed E-state index contributed by atoms with van der Waals surface area (Å²) in [5, 5.41) is 6.01. The summed E-state index contributed by atoms with van der Waals surface area (Å²) >= 11 is 0. The molecule has 6 heteroatoms. The lowest BCUT2D eigenvalue weighted by molar-refractivity contribution is -0.145. The molecule has 1 aliphatic rings. The van der Waals surface area contributed by atoms with E-state index in [1.165, 1.54) is 7.11 Å². The zero-order valence-electron chi connectivity index (χ0n) is 20.2. The molecule has 1 aliphatic heterocycles. The fourth-order valence-electron chi connectivity index (χ4n) is 4.61. The van der Waals surface area contributed by atoms with Crippen LogP contribution in [0.4, 0.5) is 0 Å². The molecule has 0 saturated carbocycles. The Kier molecular flexibility index (Phi) is 8.03. The van der Waals surface area contributed by atoms with Crippen LogP contribution >= 0.6 is 0 Å². The Hall–Kier alpha value is -2.99. The van der Waals surface area contributed by atoms with Crippen LogP contribution in [0.15, 0.2) is 36.4 Å². The molecule has 0 aromatic heterocycles. The summed E-state index contributed by atoms with van der Waals surface area (Å²) in [7, 11) is 3.08. The van der Waals surface area contributed by atoms with E-state index in [0.717, 1.165) is 39.8 Å². The summed E-state index contributed by atoms with van der Waals surface area (Å²) in [4.78, 5) is 39.0. The summed E-state index contributed by atoms with van der Waals surface area (Å²) < 4.78 is 4.98.